The Labute approximate surface area is 96.3 Å². The Morgan fingerprint density at radius 2 is 1.88 bits per heavy atom. The molecule has 0 aromatic carbocycles. The summed E-state index contributed by atoms with van der Waals surface area (Å²) in [5.41, 5.74) is -0.752. The largest absolute Gasteiger partial charge is 0.419 e. The molecule has 94 valence electrons. The number of piperidine rings is 1. The molecule has 6 heteroatoms. The van der Waals surface area contributed by atoms with Gasteiger partial charge in [0, 0.05) is 19.3 Å². The fraction of sp³-hybridized carbons (Fsp3) is 0.545. The third kappa shape index (κ3) is 2.68. The average molecular weight is 248 g/mol. The summed E-state index contributed by atoms with van der Waals surface area (Å²) in [6, 6.07) is 2.26. The summed E-state index contributed by atoms with van der Waals surface area (Å²) >= 11 is 0. The molecule has 2 rings (SSSR count). The van der Waals surface area contributed by atoms with Gasteiger partial charge < -0.3 is 4.90 Å². The van der Waals surface area contributed by atoms with Gasteiger partial charge in [-0.3, -0.25) is 0 Å². The van der Waals surface area contributed by atoms with Crippen LogP contribution in [0, 0.1) is 0 Å². The van der Waals surface area contributed by atoms with Crippen molar-refractivity contribution in [3.05, 3.63) is 23.9 Å². The first kappa shape index (κ1) is 12.1. The molecule has 2 nitrogen and oxygen atoms in total. The molecule has 0 amide bonds. The van der Waals surface area contributed by atoms with Crippen LogP contribution in [0.4, 0.5) is 23.4 Å². The maximum Gasteiger partial charge on any atom is 0.419 e. The Morgan fingerprint density at radius 3 is 2.47 bits per heavy atom. The van der Waals surface area contributed by atoms with Gasteiger partial charge in [0.05, 0.1) is 5.56 Å². The molecule has 0 unspecified atom stereocenters. The van der Waals surface area contributed by atoms with Gasteiger partial charge in [0.15, 0.2) is 0 Å². The smallest absolute Gasteiger partial charge is 0.356 e. The van der Waals surface area contributed by atoms with E-state index >= 15 is 0 Å². The van der Waals surface area contributed by atoms with Gasteiger partial charge >= 0.3 is 6.18 Å². The van der Waals surface area contributed by atoms with E-state index in [2.05, 4.69) is 4.98 Å². The van der Waals surface area contributed by atoms with Gasteiger partial charge in [0.25, 0.3) is 0 Å². The lowest BCUT2D eigenvalue weighted by molar-refractivity contribution is -0.137. The quantitative estimate of drug-likeness (QED) is 0.710. The third-order valence-corrected chi connectivity index (χ3v) is 2.82. The summed E-state index contributed by atoms with van der Waals surface area (Å²) in [5.74, 6) is -0.0908. The van der Waals surface area contributed by atoms with Crippen molar-refractivity contribution in [2.75, 3.05) is 18.0 Å². The van der Waals surface area contributed by atoms with E-state index in [1.807, 2.05) is 0 Å². The zero-order valence-electron chi connectivity index (χ0n) is 9.04. The van der Waals surface area contributed by atoms with Crippen molar-refractivity contribution in [2.24, 2.45) is 0 Å². The maximum atomic E-state index is 12.9. The van der Waals surface area contributed by atoms with Crippen LogP contribution in [-0.2, 0) is 6.18 Å². The Morgan fingerprint density at radius 1 is 1.24 bits per heavy atom. The highest BCUT2D eigenvalue weighted by Crippen LogP contribution is 2.35. The molecule has 17 heavy (non-hydrogen) atoms. The monoisotopic (exact) mass is 248 g/mol. The highest BCUT2D eigenvalue weighted by atomic mass is 19.4. The van der Waals surface area contributed by atoms with Crippen molar-refractivity contribution in [1.82, 2.24) is 4.98 Å². The van der Waals surface area contributed by atoms with Gasteiger partial charge in [-0.05, 0) is 25.0 Å². The second-order valence-electron chi connectivity index (χ2n) is 4.03. The van der Waals surface area contributed by atoms with Gasteiger partial charge in [-0.2, -0.15) is 13.2 Å². The van der Waals surface area contributed by atoms with Crippen LogP contribution in [-0.4, -0.2) is 24.2 Å². The van der Waals surface area contributed by atoms with E-state index in [0.717, 1.165) is 6.07 Å². The van der Waals surface area contributed by atoms with E-state index in [0.29, 0.717) is 0 Å². The average Bonchev–Trinajstić information content (AvgIpc) is 2.29. The predicted molar refractivity (Wildman–Crippen MR) is 55.6 cm³/mol. The minimum Gasteiger partial charge on any atom is -0.356 e. The van der Waals surface area contributed by atoms with E-state index in [9.17, 15) is 17.6 Å². The van der Waals surface area contributed by atoms with Crippen molar-refractivity contribution in [3.63, 3.8) is 0 Å². The van der Waals surface area contributed by atoms with Gasteiger partial charge in [0.2, 0.25) is 0 Å². The standard InChI is InChI=1S/C11H12F4N2/c12-8-3-6-17(7-4-8)10-9(11(13,14)15)2-1-5-16-10/h1-2,5,8H,3-4,6-7H2. The molecule has 1 aliphatic heterocycles. The molecule has 0 atom stereocenters. The van der Waals surface area contributed by atoms with Crippen LogP contribution in [0.5, 0.6) is 0 Å². The molecule has 1 aromatic rings. The highest BCUT2D eigenvalue weighted by molar-refractivity contribution is 5.48. The first-order valence-corrected chi connectivity index (χ1v) is 5.39. The Bertz CT molecular complexity index is 383. The summed E-state index contributed by atoms with van der Waals surface area (Å²) in [5, 5.41) is 0. The Balaban J connectivity index is 2.26. The minimum absolute atomic E-state index is 0.0908. The first-order chi connectivity index (χ1) is 7.98. The highest BCUT2D eigenvalue weighted by Gasteiger charge is 2.36. The molecule has 0 spiro atoms. The number of alkyl halides is 4. The van der Waals surface area contributed by atoms with E-state index in [-0.39, 0.29) is 31.7 Å². The van der Waals surface area contributed by atoms with Crippen molar-refractivity contribution in [2.45, 2.75) is 25.2 Å². The molecular formula is C11H12F4N2. The van der Waals surface area contributed by atoms with E-state index in [4.69, 9.17) is 0 Å². The van der Waals surface area contributed by atoms with Crippen LogP contribution in [0.3, 0.4) is 0 Å². The van der Waals surface area contributed by atoms with Gasteiger partial charge in [0.1, 0.15) is 12.0 Å². The zero-order valence-corrected chi connectivity index (χ0v) is 9.04. The van der Waals surface area contributed by atoms with Crippen molar-refractivity contribution in [3.8, 4) is 0 Å². The molecule has 1 aromatic heterocycles. The second kappa shape index (κ2) is 4.50. The molecule has 0 aliphatic carbocycles. The molecule has 1 saturated heterocycles. The van der Waals surface area contributed by atoms with E-state index in [1.54, 1.807) is 0 Å². The van der Waals surface area contributed by atoms with Crippen LogP contribution < -0.4 is 4.90 Å². The predicted octanol–water partition coefficient (Wildman–Crippen LogP) is 3.04. The lowest BCUT2D eigenvalue weighted by atomic mass is 10.1. The van der Waals surface area contributed by atoms with Crippen LogP contribution in [0.15, 0.2) is 18.3 Å². The fourth-order valence-corrected chi connectivity index (χ4v) is 1.93. The fourth-order valence-electron chi connectivity index (χ4n) is 1.93. The van der Waals surface area contributed by atoms with Crippen LogP contribution in [0.1, 0.15) is 18.4 Å². The maximum absolute atomic E-state index is 12.9. The Kier molecular flexibility index (Phi) is 3.22. The summed E-state index contributed by atoms with van der Waals surface area (Å²) in [7, 11) is 0. The van der Waals surface area contributed by atoms with Crippen LogP contribution >= 0.6 is 0 Å². The Hall–Kier alpha value is -1.33. The van der Waals surface area contributed by atoms with Crippen molar-refractivity contribution >= 4 is 5.82 Å². The third-order valence-electron chi connectivity index (χ3n) is 2.82. The molecule has 1 aliphatic rings. The molecule has 0 bridgehead atoms. The lowest BCUT2D eigenvalue weighted by Gasteiger charge is -2.31. The number of pyridine rings is 1. The van der Waals surface area contributed by atoms with Crippen LogP contribution in [0.2, 0.25) is 0 Å². The van der Waals surface area contributed by atoms with Gasteiger partial charge in [-0.15, -0.1) is 0 Å². The number of nitrogens with zero attached hydrogens (tertiary/aromatic N) is 2. The number of anilines is 1. The minimum atomic E-state index is -4.42. The van der Waals surface area contributed by atoms with Crippen LogP contribution in [0.25, 0.3) is 0 Å². The number of rotatable bonds is 1. The summed E-state index contributed by atoms with van der Waals surface area (Å²) in [4.78, 5) is 5.28. The van der Waals surface area contributed by atoms with E-state index in [1.165, 1.54) is 17.2 Å². The number of hydrogen-bond donors (Lipinski definition) is 0. The number of hydrogen-bond acceptors (Lipinski definition) is 2. The first-order valence-electron chi connectivity index (χ1n) is 5.39. The second-order valence-corrected chi connectivity index (χ2v) is 4.03. The SMILES string of the molecule is FC1CCN(c2ncccc2C(F)(F)F)CC1. The molecule has 1 fully saturated rings. The topological polar surface area (TPSA) is 16.1 Å². The summed E-state index contributed by atoms with van der Waals surface area (Å²) in [6.07, 6.45) is -3.49. The number of aromatic nitrogens is 1. The zero-order chi connectivity index (χ0) is 12.5. The van der Waals surface area contributed by atoms with Crippen molar-refractivity contribution in [1.29, 1.82) is 0 Å². The summed E-state index contributed by atoms with van der Waals surface area (Å²) in [6.45, 7) is 0.558. The molecule has 0 saturated carbocycles. The van der Waals surface area contributed by atoms with Crippen molar-refractivity contribution < 1.29 is 17.6 Å². The van der Waals surface area contributed by atoms with Gasteiger partial charge in [-0.25, -0.2) is 9.37 Å². The molecule has 0 radical (unpaired) electrons. The van der Waals surface area contributed by atoms with E-state index < -0.39 is 17.9 Å². The van der Waals surface area contributed by atoms with Gasteiger partial charge in [-0.1, -0.05) is 0 Å². The lowest BCUT2D eigenvalue weighted by Crippen LogP contribution is -2.36. The molecule has 2 heterocycles. The normalized spacial score (nSPS) is 18.5. The molecule has 0 N–H and O–H groups in total. The number of halogens is 4. The molecular weight excluding hydrogens is 236 g/mol. The summed E-state index contributed by atoms with van der Waals surface area (Å²) < 4.78 is 51.2.